The average molecular weight is 484 g/mol. The third-order valence-electron chi connectivity index (χ3n) is 6.85. The summed E-state index contributed by atoms with van der Waals surface area (Å²) < 4.78 is 11.3. The van der Waals surface area contributed by atoms with Gasteiger partial charge in [-0.25, -0.2) is 0 Å². The smallest absolute Gasteiger partial charge is 0.227 e. The maximum absolute atomic E-state index is 13.3. The molecule has 2 amide bonds. The molecular weight excluding hydrogens is 454 g/mol. The first-order valence-electron chi connectivity index (χ1n) is 12.0. The molecule has 2 heterocycles. The average Bonchev–Trinajstić information content (AvgIpc) is 3.53. The van der Waals surface area contributed by atoms with Crippen LogP contribution in [0, 0.1) is 5.92 Å². The van der Waals surface area contributed by atoms with Crippen molar-refractivity contribution in [2.24, 2.45) is 5.92 Å². The van der Waals surface area contributed by atoms with E-state index >= 15 is 0 Å². The molecule has 3 aromatic carbocycles. The van der Waals surface area contributed by atoms with E-state index in [1.807, 2.05) is 72.9 Å². The number of ether oxygens (including phenoxy) is 2. The van der Waals surface area contributed by atoms with Crippen LogP contribution in [0.1, 0.15) is 23.5 Å². The molecule has 0 saturated carbocycles. The Kier molecular flexibility index (Phi) is 6.62. The lowest BCUT2D eigenvalue weighted by Gasteiger charge is -2.23. The van der Waals surface area contributed by atoms with Crippen LogP contribution in [0.15, 0.2) is 79.0 Å². The third-order valence-corrected chi connectivity index (χ3v) is 6.85. The van der Waals surface area contributed by atoms with E-state index in [0.29, 0.717) is 24.6 Å². The molecule has 184 valence electrons. The standard InChI is InChI=1S/C29H29N3O4/c1-35-26-14-8-12-22(28(26)36-2)24(23-16-30-25-13-7-6-11-21(23)25)17-31-29(34)19-15-27(33)32(18-19)20-9-4-3-5-10-20/h3-14,16,19,24,30H,15,17-18H2,1-2H3,(H,31,34). The Hall–Kier alpha value is -4.26. The number of nitrogens with zero attached hydrogens (tertiary/aromatic N) is 1. The Bertz CT molecular complexity index is 1380. The van der Waals surface area contributed by atoms with Crippen molar-refractivity contribution in [3.05, 3.63) is 90.1 Å². The summed E-state index contributed by atoms with van der Waals surface area (Å²) in [6.07, 6.45) is 2.18. The number of hydrogen-bond donors (Lipinski definition) is 2. The molecule has 1 fully saturated rings. The van der Waals surface area contributed by atoms with Crippen molar-refractivity contribution < 1.29 is 19.1 Å². The van der Waals surface area contributed by atoms with Gasteiger partial charge in [0.2, 0.25) is 11.8 Å². The third kappa shape index (κ3) is 4.40. The lowest BCUT2D eigenvalue weighted by atomic mass is 9.89. The fourth-order valence-corrected chi connectivity index (χ4v) is 5.04. The lowest BCUT2D eigenvalue weighted by Crippen LogP contribution is -2.35. The highest BCUT2D eigenvalue weighted by Crippen LogP contribution is 2.40. The van der Waals surface area contributed by atoms with Crippen LogP contribution >= 0.6 is 0 Å². The van der Waals surface area contributed by atoms with Crippen LogP contribution in [-0.2, 0) is 9.59 Å². The van der Waals surface area contributed by atoms with Gasteiger partial charge in [0.05, 0.1) is 20.1 Å². The topological polar surface area (TPSA) is 83.7 Å². The molecule has 0 spiro atoms. The zero-order valence-electron chi connectivity index (χ0n) is 20.4. The van der Waals surface area contributed by atoms with Gasteiger partial charge in [-0.2, -0.15) is 0 Å². The molecule has 1 aliphatic rings. The van der Waals surface area contributed by atoms with Crippen LogP contribution in [0.5, 0.6) is 11.5 Å². The first kappa shape index (κ1) is 23.5. The van der Waals surface area contributed by atoms with E-state index in [2.05, 4.69) is 16.4 Å². The molecule has 2 atom stereocenters. The quantitative estimate of drug-likeness (QED) is 0.387. The molecule has 2 N–H and O–H groups in total. The summed E-state index contributed by atoms with van der Waals surface area (Å²) in [5.74, 6) is 0.491. The second-order valence-corrected chi connectivity index (χ2v) is 8.91. The van der Waals surface area contributed by atoms with Crippen molar-refractivity contribution in [2.75, 3.05) is 32.2 Å². The van der Waals surface area contributed by atoms with E-state index in [1.165, 1.54) is 0 Å². The van der Waals surface area contributed by atoms with Crippen molar-refractivity contribution in [1.29, 1.82) is 0 Å². The van der Waals surface area contributed by atoms with Crippen LogP contribution in [-0.4, -0.2) is 44.1 Å². The maximum Gasteiger partial charge on any atom is 0.227 e. The minimum absolute atomic E-state index is 0.0380. The highest BCUT2D eigenvalue weighted by Gasteiger charge is 2.35. The van der Waals surface area contributed by atoms with Crippen LogP contribution in [0.25, 0.3) is 10.9 Å². The summed E-state index contributed by atoms with van der Waals surface area (Å²) in [6.45, 7) is 0.717. The van der Waals surface area contributed by atoms with E-state index in [1.54, 1.807) is 19.1 Å². The number of methoxy groups -OCH3 is 2. The number of hydrogen-bond acceptors (Lipinski definition) is 4. The van der Waals surface area contributed by atoms with Crippen molar-refractivity contribution in [3.8, 4) is 11.5 Å². The Labute approximate surface area is 210 Å². The summed E-state index contributed by atoms with van der Waals surface area (Å²) in [5, 5.41) is 4.21. The zero-order valence-corrected chi connectivity index (χ0v) is 20.4. The number of fused-ring (bicyclic) bond motifs is 1. The summed E-state index contributed by atoms with van der Waals surface area (Å²) >= 11 is 0. The first-order valence-corrected chi connectivity index (χ1v) is 12.0. The number of benzene rings is 3. The van der Waals surface area contributed by atoms with Gasteiger partial charge in [0, 0.05) is 53.8 Å². The molecule has 1 aliphatic heterocycles. The summed E-state index contributed by atoms with van der Waals surface area (Å²) in [7, 11) is 3.23. The number of anilines is 1. The molecule has 0 radical (unpaired) electrons. The minimum Gasteiger partial charge on any atom is -0.493 e. The number of rotatable bonds is 8. The predicted molar refractivity (Wildman–Crippen MR) is 140 cm³/mol. The highest BCUT2D eigenvalue weighted by molar-refractivity contribution is 6.00. The number of para-hydroxylation sites is 3. The summed E-state index contributed by atoms with van der Waals surface area (Å²) in [4.78, 5) is 30.9. The van der Waals surface area contributed by atoms with E-state index < -0.39 is 5.92 Å². The molecule has 1 saturated heterocycles. The number of aromatic nitrogens is 1. The number of aromatic amines is 1. The second-order valence-electron chi connectivity index (χ2n) is 8.91. The normalized spacial score (nSPS) is 16.2. The van der Waals surface area contributed by atoms with Gasteiger partial charge in [-0.05, 0) is 29.8 Å². The molecule has 7 nitrogen and oxygen atoms in total. The molecule has 5 rings (SSSR count). The van der Waals surface area contributed by atoms with Crippen LogP contribution in [0.2, 0.25) is 0 Å². The molecule has 36 heavy (non-hydrogen) atoms. The molecule has 0 bridgehead atoms. The SMILES string of the molecule is COc1cccc(C(CNC(=O)C2CC(=O)N(c3ccccc3)C2)c2c[nH]c3ccccc23)c1OC. The predicted octanol–water partition coefficient (Wildman–Crippen LogP) is 4.49. The zero-order chi connectivity index (χ0) is 25.1. The van der Waals surface area contributed by atoms with Gasteiger partial charge in [-0.3, -0.25) is 9.59 Å². The number of H-pyrrole nitrogens is 1. The Morgan fingerprint density at radius 3 is 2.56 bits per heavy atom. The molecule has 0 aliphatic carbocycles. The molecular formula is C29H29N3O4. The Balaban J connectivity index is 1.42. The van der Waals surface area contributed by atoms with Crippen LogP contribution in [0.4, 0.5) is 5.69 Å². The maximum atomic E-state index is 13.3. The van der Waals surface area contributed by atoms with E-state index in [-0.39, 0.29) is 24.2 Å². The van der Waals surface area contributed by atoms with E-state index in [4.69, 9.17) is 9.47 Å². The highest BCUT2D eigenvalue weighted by atomic mass is 16.5. The van der Waals surface area contributed by atoms with Gasteiger partial charge in [0.15, 0.2) is 11.5 Å². The fourth-order valence-electron chi connectivity index (χ4n) is 5.04. The van der Waals surface area contributed by atoms with Gasteiger partial charge in [-0.15, -0.1) is 0 Å². The fraction of sp³-hybridized carbons (Fsp3) is 0.241. The number of nitrogens with one attached hydrogen (secondary N) is 2. The number of carbonyl (C=O) groups excluding carboxylic acids is 2. The van der Waals surface area contributed by atoms with Crippen molar-refractivity contribution >= 4 is 28.4 Å². The second kappa shape index (κ2) is 10.2. The van der Waals surface area contributed by atoms with Gasteiger partial charge in [0.1, 0.15) is 0 Å². The summed E-state index contributed by atoms with van der Waals surface area (Å²) in [5.41, 5.74) is 3.79. The van der Waals surface area contributed by atoms with E-state index in [9.17, 15) is 9.59 Å². The number of carbonyl (C=O) groups is 2. The molecule has 7 heteroatoms. The van der Waals surface area contributed by atoms with Gasteiger partial charge < -0.3 is 24.7 Å². The van der Waals surface area contributed by atoms with Crippen molar-refractivity contribution in [2.45, 2.75) is 12.3 Å². The Morgan fingerprint density at radius 1 is 1.00 bits per heavy atom. The monoisotopic (exact) mass is 483 g/mol. The lowest BCUT2D eigenvalue weighted by molar-refractivity contribution is -0.126. The van der Waals surface area contributed by atoms with Crippen LogP contribution in [0.3, 0.4) is 0 Å². The number of amides is 2. The Morgan fingerprint density at radius 2 is 1.78 bits per heavy atom. The van der Waals surface area contributed by atoms with Crippen molar-refractivity contribution in [1.82, 2.24) is 10.3 Å². The van der Waals surface area contributed by atoms with Crippen LogP contribution < -0.4 is 19.7 Å². The van der Waals surface area contributed by atoms with Gasteiger partial charge in [0.25, 0.3) is 0 Å². The molecule has 4 aromatic rings. The summed E-state index contributed by atoms with van der Waals surface area (Å²) in [6, 6.07) is 23.3. The largest absolute Gasteiger partial charge is 0.493 e. The minimum atomic E-state index is -0.409. The van der Waals surface area contributed by atoms with E-state index in [0.717, 1.165) is 27.7 Å². The van der Waals surface area contributed by atoms with Gasteiger partial charge >= 0.3 is 0 Å². The molecule has 1 aromatic heterocycles. The molecule has 2 unspecified atom stereocenters. The van der Waals surface area contributed by atoms with Gasteiger partial charge in [-0.1, -0.05) is 48.5 Å². The first-order chi connectivity index (χ1) is 17.6. The van der Waals surface area contributed by atoms with Crippen molar-refractivity contribution in [3.63, 3.8) is 0 Å².